The number of benzene rings is 3. The Morgan fingerprint density at radius 2 is 1.64 bits per heavy atom. The Balaban J connectivity index is 0.000000190. The first kappa shape index (κ1) is 15.9. The molecule has 0 amide bonds. The molecule has 2 aliphatic rings. The number of hydrogen-bond acceptors (Lipinski definition) is 2. The molecule has 0 radical (unpaired) electrons. The summed E-state index contributed by atoms with van der Waals surface area (Å²) in [6.45, 7) is 0.260. The molecule has 0 saturated heterocycles. The van der Waals surface area contributed by atoms with E-state index in [0.717, 1.165) is 0 Å². The van der Waals surface area contributed by atoms with Crippen LogP contribution in [-0.2, 0) is 22.4 Å². The van der Waals surface area contributed by atoms with Crippen LogP contribution in [0.5, 0.6) is 0 Å². The minimum absolute atomic E-state index is 0.155. The summed E-state index contributed by atoms with van der Waals surface area (Å²) in [4.78, 5) is 10.3. The van der Waals surface area contributed by atoms with Crippen LogP contribution in [0.25, 0.3) is 21.5 Å². The highest BCUT2D eigenvalue weighted by Gasteiger charge is 2.13. The normalized spacial score (nSPS) is 16.1. The summed E-state index contributed by atoms with van der Waals surface area (Å²) in [5, 5.41) is 5.64. The predicted octanol–water partition coefficient (Wildman–Crippen LogP) is 5.36. The highest BCUT2D eigenvalue weighted by atomic mass is 16.5. The van der Waals surface area contributed by atoms with Crippen molar-refractivity contribution in [2.45, 2.75) is 32.1 Å². The maximum atomic E-state index is 10.3. The fraction of sp³-hybridized carbons (Fsp3) is 0.261. The van der Waals surface area contributed by atoms with E-state index >= 15 is 0 Å². The standard InChI is InChI=1S/C18H16.C5H6O2/c1-3-7-15-13(5-1)9-11-18-16-8-4-2-6-14(16)10-12-17(15)18;6-5-2-1-3-7-4-5/h1,3,5,7,9-12H,2,4,6,8H2;1,3H,2,4H2. The van der Waals surface area contributed by atoms with Crippen LogP contribution in [0.15, 0.2) is 60.9 Å². The van der Waals surface area contributed by atoms with Gasteiger partial charge in [0, 0.05) is 6.42 Å². The third-order valence-corrected chi connectivity index (χ3v) is 5.04. The van der Waals surface area contributed by atoms with Gasteiger partial charge in [0.15, 0.2) is 5.78 Å². The molecule has 3 aromatic carbocycles. The van der Waals surface area contributed by atoms with Crippen LogP contribution < -0.4 is 0 Å². The van der Waals surface area contributed by atoms with Gasteiger partial charge in [-0.25, -0.2) is 0 Å². The molecule has 3 aromatic rings. The molecule has 0 atom stereocenters. The van der Waals surface area contributed by atoms with Gasteiger partial charge in [0.05, 0.1) is 6.26 Å². The first-order chi connectivity index (χ1) is 12.3. The zero-order valence-corrected chi connectivity index (χ0v) is 14.3. The number of carbonyl (C=O) groups excluding carboxylic acids is 1. The van der Waals surface area contributed by atoms with Gasteiger partial charge < -0.3 is 4.74 Å². The lowest BCUT2D eigenvalue weighted by Gasteiger charge is -2.18. The number of rotatable bonds is 0. The van der Waals surface area contributed by atoms with Gasteiger partial charge in [-0.05, 0) is 64.4 Å². The van der Waals surface area contributed by atoms with Crippen molar-refractivity contribution < 1.29 is 9.53 Å². The Morgan fingerprint density at radius 3 is 2.44 bits per heavy atom. The van der Waals surface area contributed by atoms with Crippen LogP contribution in [0.3, 0.4) is 0 Å². The quantitative estimate of drug-likeness (QED) is 0.519. The van der Waals surface area contributed by atoms with E-state index in [1.165, 1.54) is 47.2 Å². The number of ketones is 1. The highest BCUT2D eigenvalue weighted by molar-refractivity contribution is 6.08. The molecule has 0 spiro atoms. The molecule has 0 bridgehead atoms. The molecule has 25 heavy (non-hydrogen) atoms. The Labute approximate surface area is 148 Å². The molecule has 0 unspecified atom stereocenters. The minimum atomic E-state index is 0.155. The molecule has 1 heterocycles. The lowest BCUT2D eigenvalue weighted by atomic mass is 9.86. The number of fused-ring (bicyclic) bond motifs is 5. The van der Waals surface area contributed by atoms with E-state index in [1.807, 2.05) is 0 Å². The van der Waals surface area contributed by atoms with E-state index in [4.69, 9.17) is 0 Å². The topological polar surface area (TPSA) is 26.3 Å². The highest BCUT2D eigenvalue weighted by Crippen LogP contribution is 2.33. The number of allylic oxidation sites excluding steroid dienone is 1. The van der Waals surface area contributed by atoms with Gasteiger partial charge >= 0.3 is 0 Å². The van der Waals surface area contributed by atoms with E-state index in [-0.39, 0.29) is 12.4 Å². The molecule has 2 heteroatoms. The van der Waals surface area contributed by atoms with Gasteiger partial charge in [-0.3, -0.25) is 4.79 Å². The number of Topliss-reactive ketones (excluding diaryl/α,β-unsaturated/α-hetero) is 1. The third kappa shape index (κ3) is 3.30. The lowest BCUT2D eigenvalue weighted by molar-refractivity contribution is -0.121. The Kier molecular flexibility index (Phi) is 4.51. The monoisotopic (exact) mass is 330 g/mol. The van der Waals surface area contributed by atoms with Crippen molar-refractivity contribution in [2.75, 3.05) is 6.61 Å². The molecule has 1 aliphatic heterocycles. The number of hydrogen-bond donors (Lipinski definition) is 0. The molecule has 5 rings (SSSR count). The fourth-order valence-corrected chi connectivity index (χ4v) is 3.79. The predicted molar refractivity (Wildman–Crippen MR) is 103 cm³/mol. The van der Waals surface area contributed by atoms with E-state index in [1.54, 1.807) is 23.5 Å². The van der Waals surface area contributed by atoms with E-state index in [0.29, 0.717) is 6.42 Å². The average molecular weight is 330 g/mol. The third-order valence-electron chi connectivity index (χ3n) is 5.04. The van der Waals surface area contributed by atoms with Crippen LogP contribution in [0, 0.1) is 0 Å². The van der Waals surface area contributed by atoms with Crippen LogP contribution in [0.1, 0.15) is 30.4 Å². The largest absolute Gasteiger partial charge is 0.494 e. The van der Waals surface area contributed by atoms with Crippen molar-refractivity contribution in [3.05, 3.63) is 72.0 Å². The van der Waals surface area contributed by atoms with Crippen LogP contribution in [0.2, 0.25) is 0 Å². The van der Waals surface area contributed by atoms with Gasteiger partial charge in [-0.2, -0.15) is 0 Å². The molecule has 0 fully saturated rings. The first-order valence-corrected chi connectivity index (χ1v) is 9.03. The number of aryl methyl sites for hydroxylation is 2. The second-order valence-corrected chi connectivity index (χ2v) is 6.72. The average Bonchev–Trinajstić information content (AvgIpc) is 2.68. The maximum Gasteiger partial charge on any atom is 0.174 e. The van der Waals surface area contributed by atoms with E-state index < -0.39 is 0 Å². The summed E-state index contributed by atoms with van der Waals surface area (Å²) in [7, 11) is 0. The summed E-state index contributed by atoms with van der Waals surface area (Å²) in [5.41, 5.74) is 3.17. The van der Waals surface area contributed by atoms with Gasteiger partial charge in [0.1, 0.15) is 6.61 Å². The summed E-state index contributed by atoms with van der Waals surface area (Å²) in [5.74, 6) is 0.155. The van der Waals surface area contributed by atoms with Crippen molar-refractivity contribution >= 4 is 27.3 Å². The Hall–Kier alpha value is -2.61. The smallest absolute Gasteiger partial charge is 0.174 e. The maximum absolute atomic E-state index is 10.3. The molecule has 2 nitrogen and oxygen atoms in total. The summed E-state index contributed by atoms with van der Waals surface area (Å²) >= 11 is 0. The summed E-state index contributed by atoms with van der Waals surface area (Å²) < 4.78 is 4.65. The van der Waals surface area contributed by atoms with Gasteiger partial charge in [0.2, 0.25) is 0 Å². The van der Waals surface area contributed by atoms with Crippen molar-refractivity contribution in [2.24, 2.45) is 0 Å². The molecule has 0 saturated carbocycles. The number of ether oxygens (including phenoxy) is 1. The summed E-state index contributed by atoms with van der Waals surface area (Å²) in [6, 6.07) is 18.0. The fourth-order valence-electron chi connectivity index (χ4n) is 3.79. The first-order valence-electron chi connectivity index (χ1n) is 9.03. The lowest BCUT2D eigenvalue weighted by Crippen LogP contribution is -2.07. The Bertz CT molecular complexity index is 953. The van der Waals surface area contributed by atoms with Crippen molar-refractivity contribution in [1.29, 1.82) is 0 Å². The van der Waals surface area contributed by atoms with Crippen LogP contribution in [-0.4, -0.2) is 12.4 Å². The second kappa shape index (κ2) is 7.10. The van der Waals surface area contributed by atoms with Gasteiger partial charge in [-0.1, -0.05) is 48.5 Å². The SMILES string of the molecule is O=C1CC=COC1.c1ccc2c(c1)ccc1c3c(ccc12)CCCC3. The molecular formula is C23H22O2. The van der Waals surface area contributed by atoms with Crippen LogP contribution >= 0.6 is 0 Å². The molecule has 0 aromatic heterocycles. The van der Waals surface area contributed by atoms with E-state index in [2.05, 4.69) is 53.3 Å². The molecule has 1 aliphatic carbocycles. The zero-order chi connectivity index (χ0) is 17.1. The Morgan fingerprint density at radius 1 is 0.800 bits per heavy atom. The molecular weight excluding hydrogens is 308 g/mol. The molecule has 126 valence electrons. The van der Waals surface area contributed by atoms with Gasteiger partial charge in [-0.15, -0.1) is 0 Å². The zero-order valence-electron chi connectivity index (χ0n) is 14.3. The van der Waals surface area contributed by atoms with Crippen molar-refractivity contribution in [1.82, 2.24) is 0 Å². The van der Waals surface area contributed by atoms with Crippen LogP contribution in [0.4, 0.5) is 0 Å². The second-order valence-electron chi connectivity index (χ2n) is 6.72. The molecule has 0 N–H and O–H groups in total. The van der Waals surface area contributed by atoms with Gasteiger partial charge in [0.25, 0.3) is 0 Å². The number of carbonyl (C=O) groups is 1. The van der Waals surface area contributed by atoms with E-state index in [9.17, 15) is 4.79 Å². The summed E-state index contributed by atoms with van der Waals surface area (Å²) in [6.07, 6.45) is 9.03. The van der Waals surface area contributed by atoms with Crippen molar-refractivity contribution in [3.8, 4) is 0 Å². The van der Waals surface area contributed by atoms with Crippen molar-refractivity contribution in [3.63, 3.8) is 0 Å². The minimum Gasteiger partial charge on any atom is -0.494 e.